The summed E-state index contributed by atoms with van der Waals surface area (Å²) in [6.07, 6.45) is 1.65. The van der Waals surface area contributed by atoms with Gasteiger partial charge in [-0.2, -0.15) is 4.68 Å². The van der Waals surface area contributed by atoms with Crippen LogP contribution in [0.15, 0.2) is 35.4 Å². The number of esters is 1. The number of carbonyl (C=O) groups is 1. The first-order valence-electron chi connectivity index (χ1n) is 7.82. The molecule has 3 aromatic rings. The molecule has 3 rings (SSSR count). The van der Waals surface area contributed by atoms with Crippen molar-refractivity contribution in [2.45, 2.75) is 26.3 Å². The summed E-state index contributed by atoms with van der Waals surface area (Å²) in [6, 6.07) is 4.78. The first kappa shape index (κ1) is 16.7. The summed E-state index contributed by atoms with van der Waals surface area (Å²) in [7, 11) is 0. The fourth-order valence-electron chi connectivity index (χ4n) is 2.52. The number of hydrogen-bond acceptors (Lipinski definition) is 6. The van der Waals surface area contributed by atoms with E-state index in [-0.39, 0.29) is 23.6 Å². The normalized spacial score (nSPS) is 12.3. The SMILES string of the molecule is CCOC(=O)[C@H](CC)n1cnc2c(nnn2-c2ccc(F)cc2)c1=O. The molecule has 0 bridgehead atoms. The van der Waals surface area contributed by atoms with Crippen molar-refractivity contribution in [2.75, 3.05) is 6.61 Å². The van der Waals surface area contributed by atoms with Crippen molar-refractivity contribution >= 4 is 17.1 Å². The van der Waals surface area contributed by atoms with Gasteiger partial charge >= 0.3 is 5.97 Å². The van der Waals surface area contributed by atoms with Crippen LogP contribution in [0.2, 0.25) is 0 Å². The zero-order chi connectivity index (χ0) is 18.0. The van der Waals surface area contributed by atoms with E-state index in [9.17, 15) is 14.0 Å². The van der Waals surface area contributed by atoms with Gasteiger partial charge in [-0.05, 0) is 37.6 Å². The molecule has 8 nitrogen and oxygen atoms in total. The molecule has 0 saturated carbocycles. The highest BCUT2D eigenvalue weighted by Crippen LogP contribution is 2.15. The molecular weight excluding hydrogens is 329 g/mol. The van der Waals surface area contributed by atoms with Crippen molar-refractivity contribution in [1.29, 1.82) is 0 Å². The maximum absolute atomic E-state index is 13.1. The lowest BCUT2D eigenvalue weighted by atomic mass is 10.2. The molecule has 130 valence electrons. The fourth-order valence-corrected chi connectivity index (χ4v) is 2.52. The van der Waals surface area contributed by atoms with Gasteiger partial charge < -0.3 is 4.74 Å². The van der Waals surface area contributed by atoms with Gasteiger partial charge in [0.25, 0.3) is 5.56 Å². The van der Waals surface area contributed by atoms with Gasteiger partial charge in [0.15, 0.2) is 11.2 Å². The van der Waals surface area contributed by atoms with Crippen LogP contribution < -0.4 is 5.56 Å². The minimum Gasteiger partial charge on any atom is -0.464 e. The number of benzene rings is 1. The van der Waals surface area contributed by atoms with Crippen molar-refractivity contribution in [3.05, 3.63) is 46.8 Å². The zero-order valence-electron chi connectivity index (χ0n) is 13.7. The quantitative estimate of drug-likeness (QED) is 0.653. The van der Waals surface area contributed by atoms with E-state index in [1.807, 2.05) is 0 Å². The summed E-state index contributed by atoms with van der Waals surface area (Å²) in [4.78, 5) is 28.9. The Morgan fingerprint density at radius 3 is 2.64 bits per heavy atom. The number of hydrogen-bond donors (Lipinski definition) is 0. The van der Waals surface area contributed by atoms with Gasteiger partial charge in [0.1, 0.15) is 18.2 Å². The molecule has 0 aliphatic rings. The predicted molar refractivity (Wildman–Crippen MR) is 86.8 cm³/mol. The van der Waals surface area contributed by atoms with Crippen LogP contribution in [-0.2, 0) is 9.53 Å². The molecule has 1 atom stereocenters. The predicted octanol–water partition coefficient (Wildman–Crippen LogP) is 1.63. The Labute approximate surface area is 141 Å². The Morgan fingerprint density at radius 1 is 1.28 bits per heavy atom. The van der Waals surface area contributed by atoms with E-state index < -0.39 is 17.6 Å². The summed E-state index contributed by atoms with van der Waals surface area (Å²) in [5, 5.41) is 7.79. The first-order chi connectivity index (χ1) is 12.1. The number of nitrogens with zero attached hydrogens (tertiary/aromatic N) is 5. The molecule has 0 radical (unpaired) electrons. The molecule has 0 aliphatic carbocycles. The molecule has 0 amide bonds. The van der Waals surface area contributed by atoms with Gasteiger partial charge in [-0.15, -0.1) is 5.10 Å². The molecule has 2 heterocycles. The molecule has 1 aromatic carbocycles. The van der Waals surface area contributed by atoms with Gasteiger partial charge in [-0.25, -0.2) is 14.2 Å². The lowest BCUT2D eigenvalue weighted by molar-refractivity contribution is -0.147. The number of fused-ring (bicyclic) bond motifs is 1. The van der Waals surface area contributed by atoms with Crippen LogP contribution in [0.25, 0.3) is 16.9 Å². The van der Waals surface area contributed by atoms with Crippen LogP contribution in [0.5, 0.6) is 0 Å². The van der Waals surface area contributed by atoms with Crippen LogP contribution in [0.4, 0.5) is 4.39 Å². The second-order valence-corrected chi connectivity index (χ2v) is 5.28. The van der Waals surface area contributed by atoms with E-state index in [1.54, 1.807) is 13.8 Å². The number of carbonyl (C=O) groups excluding carboxylic acids is 1. The first-order valence-corrected chi connectivity index (χ1v) is 7.82. The third kappa shape index (κ3) is 3.00. The van der Waals surface area contributed by atoms with E-state index >= 15 is 0 Å². The van der Waals surface area contributed by atoms with E-state index in [1.165, 1.54) is 39.8 Å². The van der Waals surface area contributed by atoms with E-state index in [0.29, 0.717) is 12.1 Å². The number of aromatic nitrogens is 5. The third-order valence-electron chi connectivity index (χ3n) is 3.74. The Bertz CT molecular complexity index is 964. The highest BCUT2D eigenvalue weighted by Gasteiger charge is 2.23. The summed E-state index contributed by atoms with van der Waals surface area (Å²) in [6.45, 7) is 3.69. The second-order valence-electron chi connectivity index (χ2n) is 5.28. The van der Waals surface area contributed by atoms with Gasteiger partial charge in [-0.3, -0.25) is 9.36 Å². The summed E-state index contributed by atoms with van der Waals surface area (Å²) in [5.74, 6) is -0.886. The average molecular weight is 345 g/mol. The van der Waals surface area contributed by atoms with Crippen LogP contribution in [0.3, 0.4) is 0 Å². The Kier molecular flexibility index (Phi) is 4.55. The van der Waals surface area contributed by atoms with Gasteiger partial charge in [0.2, 0.25) is 0 Å². The molecule has 0 spiro atoms. The summed E-state index contributed by atoms with van der Waals surface area (Å²) in [5.41, 5.74) is 0.283. The van der Waals surface area contributed by atoms with E-state index in [4.69, 9.17) is 4.74 Å². The van der Waals surface area contributed by atoms with E-state index in [0.717, 1.165) is 0 Å². The lowest BCUT2D eigenvalue weighted by Crippen LogP contribution is -2.31. The molecule has 0 fully saturated rings. The second kappa shape index (κ2) is 6.80. The van der Waals surface area contributed by atoms with Crippen molar-refractivity contribution in [3.63, 3.8) is 0 Å². The number of halogens is 1. The highest BCUT2D eigenvalue weighted by atomic mass is 19.1. The Hall–Kier alpha value is -3.10. The van der Waals surface area contributed by atoms with Crippen molar-refractivity contribution in [3.8, 4) is 5.69 Å². The molecule has 0 aliphatic heterocycles. The van der Waals surface area contributed by atoms with Crippen LogP contribution in [0.1, 0.15) is 26.3 Å². The standard InChI is InChI=1S/C16H16FN5O3/c1-3-12(16(24)25-4-2)21-9-18-14-13(15(21)23)19-20-22(14)11-7-5-10(17)6-8-11/h5-9,12H,3-4H2,1-2H3/t12-/m0/s1. The van der Waals surface area contributed by atoms with Gasteiger partial charge in [0, 0.05) is 0 Å². The highest BCUT2D eigenvalue weighted by molar-refractivity contribution is 5.75. The van der Waals surface area contributed by atoms with Crippen LogP contribution >= 0.6 is 0 Å². The largest absolute Gasteiger partial charge is 0.464 e. The van der Waals surface area contributed by atoms with Crippen LogP contribution in [-0.4, -0.2) is 37.1 Å². The van der Waals surface area contributed by atoms with Crippen molar-refractivity contribution < 1.29 is 13.9 Å². The smallest absolute Gasteiger partial charge is 0.329 e. The maximum atomic E-state index is 13.1. The zero-order valence-corrected chi connectivity index (χ0v) is 13.7. The molecule has 0 saturated heterocycles. The lowest BCUT2D eigenvalue weighted by Gasteiger charge is -2.15. The topological polar surface area (TPSA) is 91.9 Å². The number of ether oxygens (including phenoxy) is 1. The molecule has 25 heavy (non-hydrogen) atoms. The van der Waals surface area contributed by atoms with Crippen LogP contribution in [0, 0.1) is 5.82 Å². The molecule has 0 N–H and O–H groups in total. The Morgan fingerprint density at radius 2 is 2.00 bits per heavy atom. The van der Waals surface area contributed by atoms with E-state index in [2.05, 4.69) is 15.3 Å². The maximum Gasteiger partial charge on any atom is 0.329 e. The van der Waals surface area contributed by atoms with Gasteiger partial charge in [-0.1, -0.05) is 12.1 Å². The monoisotopic (exact) mass is 345 g/mol. The van der Waals surface area contributed by atoms with Crippen molar-refractivity contribution in [2.24, 2.45) is 0 Å². The average Bonchev–Trinajstić information content (AvgIpc) is 3.03. The molecular formula is C16H16FN5O3. The fraction of sp³-hybridized carbons (Fsp3) is 0.312. The van der Waals surface area contributed by atoms with Crippen molar-refractivity contribution in [1.82, 2.24) is 24.5 Å². The molecule has 0 unspecified atom stereocenters. The minimum atomic E-state index is -0.777. The summed E-state index contributed by atoms with van der Waals surface area (Å²) < 4.78 is 20.6. The molecule has 9 heteroatoms. The number of rotatable bonds is 5. The summed E-state index contributed by atoms with van der Waals surface area (Å²) >= 11 is 0. The minimum absolute atomic E-state index is 0.0228. The third-order valence-corrected chi connectivity index (χ3v) is 3.74. The molecule has 2 aromatic heterocycles. The van der Waals surface area contributed by atoms with Gasteiger partial charge in [0.05, 0.1) is 12.3 Å². The Balaban J connectivity index is 2.09.